The number of nitrogens with one attached hydrogen (secondary N) is 1. The van der Waals surface area contributed by atoms with Gasteiger partial charge in [0.05, 0.1) is 12.3 Å². The van der Waals surface area contributed by atoms with Crippen molar-refractivity contribution in [3.8, 4) is 0 Å². The van der Waals surface area contributed by atoms with Crippen LogP contribution in [0.15, 0.2) is 23.1 Å². The van der Waals surface area contributed by atoms with Gasteiger partial charge < -0.3 is 14.6 Å². The minimum Gasteiger partial charge on any atom is -0.461 e. The SMILES string of the molecule is Cc1nc(NC(=O)Cn2cccc(C)c2=O)sc1C(=O)OCC(C)C. The molecule has 2 heterocycles. The van der Waals surface area contributed by atoms with E-state index in [2.05, 4.69) is 10.3 Å². The zero-order chi connectivity index (χ0) is 18.6. The number of aryl methyl sites for hydroxylation is 2. The Hall–Kier alpha value is -2.48. The Morgan fingerprint density at radius 1 is 1.36 bits per heavy atom. The van der Waals surface area contributed by atoms with Gasteiger partial charge in [0.15, 0.2) is 5.13 Å². The fraction of sp³-hybridized carbons (Fsp3) is 0.412. The van der Waals surface area contributed by atoms with E-state index < -0.39 is 5.97 Å². The first-order valence-electron chi connectivity index (χ1n) is 7.88. The molecule has 0 fully saturated rings. The molecule has 0 spiro atoms. The van der Waals surface area contributed by atoms with Crippen molar-refractivity contribution in [1.29, 1.82) is 0 Å². The molecule has 0 radical (unpaired) electrons. The molecule has 2 rings (SSSR count). The van der Waals surface area contributed by atoms with Crippen LogP contribution < -0.4 is 10.9 Å². The second kappa shape index (κ2) is 8.06. The van der Waals surface area contributed by atoms with Crippen molar-refractivity contribution >= 4 is 28.3 Å². The molecule has 2 aromatic heterocycles. The zero-order valence-electron chi connectivity index (χ0n) is 14.7. The Bertz CT molecular complexity index is 839. The average Bonchev–Trinajstić information content (AvgIpc) is 2.89. The summed E-state index contributed by atoms with van der Waals surface area (Å²) < 4.78 is 6.51. The number of pyridine rings is 1. The maximum Gasteiger partial charge on any atom is 0.350 e. The lowest BCUT2D eigenvalue weighted by molar-refractivity contribution is -0.116. The molecule has 0 saturated carbocycles. The van der Waals surface area contributed by atoms with Crippen molar-refractivity contribution in [3.63, 3.8) is 0 Å². The molecule has 1 N–H and O–H groups in total. The van der Waals surface area contributed by atoms with E-state index in [-0.39, 0.29) is 23.9 Å². The van der Waals surface area contributed by atoms with E-state index in [0.717, 1.165) is 11.3 Å². The van der Waals surface area contributed by atoms with Gasteiger partial charge in [-0.1, -0.05) is 31.3 Å². The van der Waals surface area contributed by atoms with Gasteiger partial charge in [0.25, 0.3) is 5.56 Å². The molecule has 8 heteroatoms. The van der Waals surface area contributed by atoms with Crippen molar-refractivity contribution in [2.75, 3.05) is 11.9 Å². The smallest absolute Gasteiger partial charge is 0.350 e. The third-order valence-corrected chi connectivity index (χ3v) is 4.35. The standard InChI is InChI=1S/C17H21N3O4S/c1-10(2)9-24-16(23)14-12(4)18-17(25-14)19-13(21)8-20-7-5-6-11(3)15(20)22/h5-7,10H,8-9H2,1-4H3,(H,18,19,21). The number of carbonyl (C=O) groups excluding carboxylic acids is 2. The summed E-state index contributed by atoms with van der Waals surface area (Å²) in [5, 5.41) is 2.92. The summed E-state index contributed by atoms with van der Waals surface area (Å²) in [7, 11) is 0. The summed E-state index contributed by atoms with van der Waals surface area (Å²) in [6.45, 7) is 7.48. The Kier molecular flexibility index (Phi) is 6.08. The number of hydrogen-bond donors (Lipinski definition) is 1. The molecule has 0 unspecified atom stereocenters. The number of aromatic nitrogens is 2. The zero-order valence-corrected chi connectivity index (χ0v) is 15.5. The lowest BCUT2D eigenvalue weighted by Crippen LogP contribution is -2.28. The largest absolute Gasteiger partial charge is 0.461 e. The maximum absolute atomic E-state index is 12.1. The molecule has 7 nitrogen and oxygen atoms in total. The number of anilines is 1. The normalized spacial score (nSPS) is 10.8. The van der Waals surface area contributed by atoms with Crippen LogP contribution in [-0.2, 0) is 16.1 Å². The van der Waals surface area contributed by atoms with E-state index in [1.807, 2.05) is 13.8 Å². The second-order valence-corrected chi connectivity index (χ2v) is 7.10. The fourth-order valence-corrected chi connectivity index (χ4v) is 2.92. The number of nitrogens with zero attached hydrogens (tertiary/aromatic N) is 2. The first-order chi connectivity index (χ1) is 11.8. The van der Waals surface area contributed by atoms with Crippen molar-refractivity contribution in [2.24, 2.45) is 5.92 Å². The van der Waals surface area contributed by atoms with Crippen LogP contribution in [-0.4, -0.2) is 28.0 Å². The molecule has 0 bridgehead atoms. The highest BCUT2D eigenvalue weighted by atomic mass is 32.1. The van der Waals surface area contributed by atoms with Gasteiger partial charge in [0.1, 0.15) is 11.4 Å². The quantitative estimate of drug-likeness (QED) is 0.796. The van der Waals surface area contributed by atoms with E-state index in [1.54, 1.807) is 32.2 Å². The van der Waals surface area contributed by atoms with Crippen LogP contribution in [0.4, 0.5) is 5.13 Å². The molecular formula is C17H21N3O4S. The molecular weight excluding hydrogens is 342 g/mol. The Balaban J connectivity index is 2.04. The van der Waals surface area contributed by atoms with Gasteiger partial charge in [0.2, 0.25) is 5.91 Å². The van der Waals surface area contributed by atoms with Crippen LogP contribution >= 0.6 is 11.3 Å². The summed E-state index contributed by atoms with van der Waals surface area (Å²) in [4.78, 5) is 40.6. The van der Waals surface area contributed by atoms with Gasteiger partial charge >= 0.3 is 5.97 Å². The molecule has 0 aromatic carbocycles. The van der Waals surface area contributed by atoms with Crippen molar-refractivity contribution < 1.29 is 14.3 Å². The Morgan fingerprint density at radius 2 is 2.08 bits per heavy atom. The molecule has 0 aliphatic rings. The summed E-state index contributed by atoms with van der Waals surface area (Å²) in [5.41, 5.74) is 0.850. The van der Waals surface area contributed by atoms with Gasteiger partial charge in [-0.25, -0.2) is 9.78 Å². The summed E-state index contributed by atoms with van der Waals surface area (Å²) in [6, 6.07) is 3.40. The highest BCUT2D eigenvalue weighted by Crippen LogP contribution is 2.23. The Labute approximate surface area is 149 Å². The van der Waals surface area contributed by atoms with Crippen LogP contribution in [0.1, 0.15) is 34.8 Å². The average molecular weight is 363 g/mol. The number of carbonyl (C=O) groups is 2. The molecule has 0 aliphatic carbocycles. The van der Waals surface area contributed by atoms with Gasteiger partial charge in [-0.2, -0.15) is 0 Å². The molecule has 0 aliphatic heterocycles. The monoisotopic (exact) mass is 363 g/mol. The number of hydrogen-bond acceptors (Lipinski definition) is 6. The molecule has 1 amide bonds. The third-order valence-electron chi connectivity index (χ3n) is 3.30. The predicted molar refractivity (Wildman–Crippen MR) is 96.0 cm³/mol. The predicted octanol–water partition coefficient (Wildman–Crippen LogP) is 2.37. The molecule has 0 saturated heterocycles. The maximum atomic E-state index is 12.1. The van der Waals surface area contributed by atoms with Gasteiger partial charge in [-0.3, -0.25) is 9.59 Å². The summed E-state index contributed by atoms with van der Waals surface area (Å²) >= 11 is 1.06. The number of esters is 1. The summed E-state index contributed by atoms with van der Waals surface area (Å²) in [6.07, 6.45) is 1.55. The number of ether oxygens (including phenoxy) is 1. The number of rotatable bonds is 6. The van der Waals surface area contributed by atoms with Crippen LogP contribution in [0.25, 0.3) is 0 Å². The minimum atomic E-state index is -0.445. The van der Waals surface area contributed by atoms with Gasteiger partial charge in [0, 0.05) is 11.8 Å². The first-order valence-corrected chi connectivity index (χ1v) is 8.70. The van der Waals surface area contributed by atoms with Crippen molar-refractivity contribution in [1.82, 2.24) is 9.55 Å². The first kappa shape index (κ1) is 18.9. The van der Waals surface area contributed by atoms with Gasteiger partial charge in [-0.15, -0.1) is 0 Å². The van der Waals surface area contributed by atoms with E-state index >= 15 is 0 Å². The highest BCUT2D eigenvalue weighted by Gasteiger charge is 2.18. The fourth-order valence-electron chi connectivity index (χ4n) is 2.04. The van der Waals surface area contributed by atoms with Crippen molar-refractivity contribution in [3.05, 3.63) is 44.8 Å². The number of thiazole rings is 1. The highest BCUT2D eigenvalue weighted by molar-refractivity contribution is 7.17. The Morgan fingerprint density at radius 3 is 2.76 bits per heavy atom. The van der Waals surface area contributed by atoms with E-state index in [9.17, 15) is 14.4 Å². The summed E-state index contributed by atoms with van der Waals surface area (Å²) in [5.74, 6) is -0.591. The lowest BCUT2D eigenvalue weighted by Gasteiger charge is -2.06. The third kappa shape index (κ3) is 4.99. The molecule has 25 heavy (non-hydrogen) atoms. The van der Waals surface area contributed by atoms with Crippen LogP contribution in [0.5, 0.6) is 0 Å². The van der Waals surface area contributed by atoms with Crippen LogP contribution in [0.2, 0.25) is 0 Å². The van der Waals surface area contributed by atoms with Crippen LogP contribution in [0, 0.1) is 19.8 Å². The van der Waals surface area contributed by atoms with E-state index in [0.29, 0.717) is 27.9 Å². The van der Waals surface area contributed by atoms with Gasteiger partial charge in [-0.05, 0) is 25.8 Å². The minimum absolute atomic E-state index is 0.119. The van der Waals surface area contributed by atoms with Crippen molar-refractivity contribution in [2.45, 2.75) is 34.2 Å². The molecule has 134 valence electrons. The lowest BCUT2D eigenvalue weighted by atomic mass is 10.2. The van der Waals surface area contributed by atoms with E-state index in [1.165, 1.54) is 4.57 Å². The van der Waals surface area contributed by atoms with E-state index in [4.69, 9.17) is 4.74 Å². The molecule has 2 aromatic rings. The second-order valence-electron chi connectivity index (χ2n) is 6.10. The number of amides is 1. The van der Waals surface area contributed by atoms with Crippen LogP contribution in [0.3, 0.4) is 0 Å². The molecule has 0 atom stereocenters. The topological polar surface area (TPSA) is 90.3 Å².